The number of nitrogens with zero attached hydrogens (tertiary/aromatic N) is 4. The number of urea groups is 1. The summed E-state index contributed by atoms with van der Waals surface area (Å²) in [7, 11) is 3.50. The van der Waals surface area contributed by atoms with Gasteiger partial charge in [-0.1, -0.05) is 30.3 Å². The second-order valence-corrected chi connectivity index (χ2v) is 7.14. The maximum atomic E-state index is 12.9. The summed E-state index contributed by atoms with van der Waals surface area (Å²) in [6, 6.07) is 11.7. The number of amides is 3. The summed E-state index contributed by atoms with van der Waals surface area (Å²) in [5, 5.41) is 7.46. The molecule has 1 fully saturated rings. The molecule has 1 atom stereocenters. The van der Waals surface area contributed by atoms with Gasteiger partial charge in [-0.15, -0.1) is 0 Å². The lowest BCUT2D eigenvalue weighted by molar-refractivity contribution is -0.127. The topological polar surface area (TPSA) is 70.5 Å². The Balaban J connectivity index is 1.62. The van der Waals surface area contributed by atoms with Gasteiger partial charge < -0.3 is 15.1 Å². The van der Waals surface area contributed by atoms with Gasteiger partial charge in [0.25, 0.3) is 0 Å². The van der Waals surface area contributed by atoms with Gasteiger partial charge in [-0.05, 0) is 24.5 Å². The van der Waals surface area contributed by atoms with Crippen LogP contribution in [-0.4, -0.2) is 58.7 Å². The first-order chi connectivity index (χ1) is 13.0. The molecule has 0 spiro atoms. The zero-order valence-electron chi connectivity index (χ0n) is 15.9. The van der Waals surface area contributed by atoms with Gasteiger partial charge in [-0.2, -0.15) is 5.10 Å². The van der Waals surface area contributed by atoms with Crippen LogP contribution in [0.15, 0.2) is 48.8 Å². The van der Waals surface area contributed by atoms with Crippen molar-refractivity contribution in [1.82, 2.24) is 24.9 Å². The van der Waals surface area contributed by atoms with Crippen LogP contribution in [0, 0.1) is 5.92 Å². The number of likely N-dealkylation sites (tertiary alicyclic amines) is 1. The average molecular weight is 369 g/mol. The number of rotatable bonds is 5. The summed E-state index contributed by atoms with van der Waals surface area (Å²) < 4.78 is 1.83. The van der Waals surface area contributed by atoms with Crippen molar-refractivity contribution in [1.29, 1.82) is 0 Å². The van der Waals surface area contributed by atoms with E-state index in [1.54, 1.807) is 25.2 Å². The van der Waals surface area contributed by atoms with Crippen molar-refractivity contribution in [3.05, 3.63) is 54.4 Å². The molecule has 0 radical (unpaired) electrons. The van der Waals surface area contributed by atoms with Gasteiger partial charge in [-0.3, -0.25) is 9.48 Å². The van der Waals surface area contributed by atoms with Crippen LogP contribution >= 0.6 is 0 Å². The Labute approximate surface area is 159 Å². The SMILES string of the molecule is CN(C)C(=O)N1CCC(C(=O)NC(Cn2cccn2)c2ccccc2)CC1. The minimum absolute atomic E-state index is 0.00898. The van der Waals surface area contributed by atoms with Crippen molar-refractivity contribution >= 4 is 11.9 Å². The summed E-state index contributed by atoms with van der Waals surface area (Å²) in [5.74, 6) is -0.0204. The fourth-order valence-electron chi connectivity index (χ4n) is 3.42. The van der Waals surface area contributed by atoms with E-state index in [0.717, 1.165) is 5.56 Å². The molecule has 1 aliphatic heterocycles. The maximum absolute atomic E-state index is 12.9. The van der Waals surface area contributed by atoms with Gasteiger partial charge in [-0.25, -0.2) is 4.79 Å². The second kappa shape index (κ2) is 8.70. The van der Waals surface area contributed by atoms with Crippen molar-refractivity contribution in [3.63, 3.8) is 0 Å². The summed E-state index contributed by atoms with van der Waals surface area (Å²) in [5.41, 5.74) is 1.06. The molecule has 7 nitrogen and oxygen atoms in total. The van der Waals surface area contributed by atoms with Crippen LogP contribution in [0.1, 0.15) is 24.4 Å². The van der Waals surface area contributed by atoms with Crippen molar-refractivity contribution in [2.24, 2.45) is 5.92 Å². The van der Waals surface area contributed by atoms with E-state index >= 15 is 0 Å². The summed E-state index contributed by atoms with van der Waals surface area (Å²) in [6.45, 7) is 1.81. The lowest BCUT2D eigenvalue weighted by atomic mass is 9.95. The van der Waals surface area contributed by atoms with Crippen molar-refractivity contribution in [2.45, 2.75) is 25.4 Å². The van der Waals surface area contributed by atoms with Crippen molar-refractivity contribution in [2.75, 3.05) is 27.2 Å². The fraction of sp³-hybridized carbons (Fsp3) is 0.450. The van der Waals surface area contributed by atoms with Gasteiger partial charge in [0, 0.05) is 45.5 Å². The second-order valence-electron chi connectivity index (χ2n) is 7.14. The Morgan fingerprint density at radius 1 is 1.19 bits per heavy atom. The van der Waals surface area contributed by atoms with Gasteiger partial charge in [0.15, 0.2) is 0 Å². The number of hydrogen-bond donors (Lipinski definition) is 1. The molecule has 3 rings (SSSR count). The van der Waals surface area contributed by atoms with Crippen molar-refractivity contribution < 1.29 is 9.59 Å². The summed E-state index contributed by atoms with van der Waals surface area (Å²) >= 11 is 0. The Hall–Kier alpha value is -2.83. The minimum Gasteiger partial charge on any atom is -0.347 e. The molecular weight excluding hydrogens is 342 g/mol. The highest BCUT2D eigenvalue weighted by Crippen LogP contribution is 2.21. The Morgan fingerprint density at radius 2 is 1.89 bits per heavy atom. The molecule has 27 heavy (non-hydrogen) atoms. The molecule has 144 valence electrons. The first-order valence-electron chi connectivity index (χ1n) is 9.33. The first-order valence-corrected chi connectivity index (χ1v) is 9.33. The number of piperidine rings is 1. The molecular formula is C20H27N5O2. The van der Waals surface area contributed by atoms with Gasteiger partial charge in [0.05, 0.1) is 12.6 Å². The van der Waals surface area contributed by atoms with Crippen LogP contribution in [0.2, 0.25) is 0 Å². The highest BCUT2D eigenvalue weighted by atomic mass is 16.2. The Kier molecular flexibility index (Phi) is 6.11. The third-order valence-corrected chi connectivity index (χ3v) is 4.97. The third kappa shape index (κ3) is 4.87. The summed E-state index contributed by atoms with van der Waals surface area (Å²) in [4.78, 5) is 28.3. The van der Waals surface area contributed by atoms with Crippen LogP contribution in [0.3, 0.4) is 0 Å². The molecule has 3 amide bonds. The minimum atomic E-state index is -0.139. The summed E-state index contributed by atoms with van der Waals surface area (Å²) in [6.07, 6.45) is 5.01. The molecule has 7 heteroatoms. The van der Waals surface area contributed by atoms with E-state index in [0.29, 0.717) is 32.5 Å². The largest absolute Gasteiger partial charge is 0.347 e. The highest BCUT2D eigenvalue weighted by molar-refractivity contribution is 5.80. The van der Waals surface area contributed by atoms with E-state index in [-0.39, 0.29) is 23.9 Å². The molecule has 2 aromatic rings. The Morgan fingerprint density at radius 3 is 2.48 bits per heavy atom. The maximum Gasteiger partial charge on any atom is 0.319 e. The number of aromatic nitrogens is 2. The molecule has 1 N–H and O–H groups in total. The van der Waals surface area contributed by atoms with Crippen LogP contribution in [-0.2, 0) is 11.3 Å². The smallest absolute Gasteiger partial charge is 0.319 e. The zero-order valence-corrected chi connectivity index (χ0v) is 15.9. The zero-order chi connectivity index (χ0) is 19.2. The number of benzene rings is 1. The van der Waals surface area contributed by atoms with Crippen LogP contribution in [0.25, 0.3) is 0 Å². The lowest BCUT2D eigenvalue weighted by Gasteiger charge is -2.33. The molecule has 1 aromatic carbocycles. The van der Waals surface area contributed by atoms with E-state index in [2.05, 4.69) is 10.4 Å². The van der Waals surface area contributed by atoms with Gasteiger partial charge in [0.2, 0.25) is 5.91 Å². The van der Waals surface area contributed by atoms with E-state index in [1.165, 1.54) is 0 Å². The quantitative estimate of drug-likeness (QED) is 0.878. The monoisotopic (exact) mass is 369 g/mol. The lowest BCUT2D eigenvalue weighted by Crippen LogP contribution is -2.47. The van der Waals surface area contributed by atoms with Gasteiger partial charge >= 0.3 is 6.03 Å². The van der Waals surface area contributed by atoms with Crippen LogP contribution in [0.5, 0.6) is 0 Å². The predicted molar refractivity (Wildman–Crippen MR) is 103 cm³/mol. The molecule has 2 heterocycles. The molecule has 0 saturated carbocycles. The van der Waals surface area contributed by atoms with Crippen LogP contribution in [0.4, 0.5) is 4.79 Å². The fourth-order valence-corrected chi connectivity index (χ4v) is 3.42. The third-order valence-electron chi connectivity index (χ3n) is 4.97. The molecule has 1 unspecified atom stereocenters. The van der Waals surface area contributed by atoms with Gasteiger partial charge in [0.1, 0.15) is 0 Å². The van der Waals surface area contributed by atoms with E-state index in [1.807, 2.05) is 52.2 Å². The average Bonchev–Trinajstić information content (AvgIpc) is 3.20. The van der Waals surface area contributed by atoms with E-state index in [9.17, 15) is 9.59 Å². The molecule has 1 aliphatic rings. The Bertz CT molecular complexity index is 737. The molecule has 1 saturated heterocycles. The number of carbonyl (C=O) groups is 2. The van der Waals surface area contributed by atoms with Crippen LogP contribution < -0.4 is 5.32 Å². The standard InChI is InChI=1S/C20H27N5O2/c1-23(2)20(27)24-13-9-17(10-14-24)19(26)22-18(15-25-12-6-11-21-25)16-7-4-3-5-8-16/h3-8,11-12,17-18H,9-10,13-15H2,1-2H3,(H,22,26). The number of hydrogen-bond acceptors (Lipinski definition) is 3. The normalized spacial score (nSPS) is 16.0. The first kappa shape index (κ1) is 18.9. The van der Waals surface area contributed by atoms with E-state index in [4.69, 9.17) is 0 Å². The number of nitrogens with one attached hydrogen (secondary N) is 1. The number of carbonyl (C=O) groups excluding carboxylic acids is 2. The van der Waals surface area contributed by atoms with Crippen molar-refractivity contribution in [3.8, 4) is 0 Å². The van der Waals surface area contributed by atoms with E-state index < -0.39 is 0 Å². The highest BCUT2D eigenvalue weighted by Gasteiger charge is 2.29. The predicted octanol–water partition coefficient (Wildman–Crippen LogP) is 2.13. The molecule has 1 aromatic heterocycles. The molecule has 0 bridgehead atoms. The molecule has 0 aliphatic carbocycles.